The van der Waals surface area contributed by atoms with E-state index in [9.17, 15) is 4.79 Å². The first-order chi connectivity index (χ1) is 11.3. The minimum absolute atomic E-state index is 0.0809. The predicted octanol–water partition coefficient (Wildman–Crippen LogP) is 1.52. The number of rotatable bonds is 5. The highest BCUT2D eigenvalue weighted by molar-refractivity contribution is 5.79. The molecule has 122 valence electrons. The molecule has 0 radical (unpaired) electrons. The molecule has 1 fully saturated rings. The second-order valence-electron chi connectivity index (χ2n) is 6.18. The van der Waals surface area contributed by atoms with Crippen molar-refractivity contribution in [1.29, 1.82) is 0 Å². The highest BCUT2D eigenvalue weighted by Gasteiger charge is 2.25. The van der Waals surface area contributed by atoms with Crippen LogP contribution in [-0.2, 0) is 11.3 Å². The zero-order valence-electron chi connectivity index (χ0n) is 13.4. The van der Waals surface area contributed by atoms with E-state index in [-0.39, 0.29) is 11.8 Å². The predicted molar refractivity (Wildman–Crippen MR) is 91.8 cm³/mol. The lowest BCUT2D eigenvalue weighted by molar-refractivity contribution is -0.126. The van der Waals surface area contributed by atoms with E-state index in [1.54, 1.807) is 0 Å². The molecule has 23 heavy (non-hydrogen) atoms. The molecule has 1 atom stereocenters. The van der Waals surface area contributed by atoms with Crippen LogP contribution < -0.4 is 11.1 Å². The van der Waals surface area contributed by atoms with Gasteiger partial charge in [-0.1, -0.05) is 12.1 Å². The van der Waals surface area contributed by atoms with Gasteiger partial charge in [0.1, 0.15) is 0 Å². The number of carbonyl (C=O) groups is 1. The van der Waals surface area contributed by atoms with Gasteiger partial charge in [0.15, 0.2) is 0 Å². The van der Waals surface area contributed by atoms with Gasteiger partial charge in [-0.05, 0) is 43.1 Å². The lowest BCUT2D eigenvalue weighted by Crippen LogP contribution is -2.43. The molecule has 1 saturated heterocycles. The van der Waals surface area contributed by atoms with Crippen LogP contribution in [0, 0.1) is 5.92 Å². The monoisotopic (exact) mass is 312 g/mol. The van der Waals surface area contributed by atoms with Crippen molar-refractivity contribution in [2.24, 2.45) is 11.7 Å². The highest BCUT2D eigenvalue weighted by Crippen LogP contribution is 2.20. The standard InChI is InChI=1S/C18H24N4O/c19-7-9-21-18(23)16-4-2-10-22(13-16)12-14-5-6-17-15(11-14)3-1-8-20-17/h1,3,5-6,8,11,16H,2,4,7,9-10,12-13,19H2,(H,21,23). The fourth-order valence-corrected chi connectivity index (χ4v) is 3.23. The maximum absolute atomic E-state index is 12.1. The fourth-order valence-electron chi connectivity index (χ4n) is 3.23. The van der Waals surface area contributed by atoms with Crippen LogP contribution in [0.4, 0.5) is 0 Å². The molecule has 1 unspecified atom stereocenters. The zero-order chi connectivity index (χ0) is 16.1. The molecule has 3 rings (SSSR count). The highest BCUT2D eigenvalue weighted by atomic mass is 16.1. The summed E-state index contributed by atoms with van der Waals surface area (Å²) >= 11 is 0. The van der Waals surface area contributed by atoms with Crippen LogP contribution in [0.15, 0.2) is 36.5 Å². The molecule has 0 spiro atoms. The van der Waals surface area contributed by atoms with Crippen LogP contribution >= 0.6 is 0 Å². The fraction of sp³-hybridized carbons (Fsp3) is 0.444. The Labute approximate surface area is 136 Å². The van der Waals surface area contributed by atoms with Gasteiger partial charge in [-0.15, -0.1) is 0 Å². The summed E-state index contributed by atoms with van der Waals surface area (Å²) in [4.78, 5) is 18.9. The van der Waals surface area contributed by atoms with Crippen molar-refractivity contribution in [1.82, 2.24) is 15.2 Å². The first-order valence-corrected chi connectivity index (χ1v) is 8.30. The average molecular weight is 312 g/mol. The van der Waals surface area contributed by atoms with Crippen molar-refractivity contribution in [3.05, 3.63) is 42.1 Å². The van der Waals surface area contributed by atoms with Crippen LogP contribution in [0.25, 0.3) is 10.9 Å². The Kier molecular flexibility index (Phi) is 5.20. The second-order valence-corrected chi connectivity index (χ2v) is 6.18. The van der Waals surface area contributed by atoms with Crippen LogP contribution in [-0.4, -0.2) is 42.0 Å². The number of fused-ring (bicyclic) bond motifs is 1. The second kappa shape index (κ2) is 7.53. The first-order valence-electron chi connectivity index (χ1n) is 8.30. The summed E-state index contributed by atoms with van der Waals surface area (Å²) in [6.45, 7) is 3.80. The van der Waals surface area contributed by atoms with Crippen molar-refractivity contribution in [2.75, 3.05) is 26.2 Å². The van der Waals surface area contributed by atoms with Crippen molar-refractivity contribution >= 4 is 16.8 Å². The number of piperidine rings is 1. The van der Waals surface area contributed by atoms with Gasteiger partial charge in [0, 0.05) is 37.8 Å². The molecule has 1 aromatic carbocycles. The Morgan fingerprint density at radius 2 is 2.30 bits per heavy atom. The number of nitrogens with zero attached hydrogens (tertiary/aromatic N) is 2. The molecule has 1 amide bonds. The van der Waals surface area contributed by atoms with E-state index < -0.39 is 0 Å². The number of nitrogens with two attached hydrogens (primary N) is 1. The lowest BCUT2D eigenvalue weighted by Gasteiger charge is -2.32. The summed E-state index contributed by atoms with van der Waals surface area (Å²) in [5, 5.41) is 4.08. The Morgan fingerprint density at radius 3 is 3.17 bits per heavy atom. The maximum atomic E-state index is 12.1. The van der Waals surface area contributed by atoms with Gasteiger partial charge in [0.05, 0.1) is 11.4 Å². The summed E-state index contributed by atoms with van der Waals surface area (Å²) < 4.78 is 0. The summed E-state index contributed by atoms with van der Waals surface area (Å²) in [7, 11) is 0. The van der Waals surface area contributed by atoms with Gasteiger partial charge in [-0.25, -0.2) is 0 Å². The average Bonchev–Trinajstić information content (AvgIpc) is 2.60. The van der Waals surface area contributed by atoms with Crippen molar-refractivity contribution < 1.29 is 4.79 Å². The molecule has 0 bridgehead atoms. The number of hydrogen-bond acceptors (Lipinski definition) is 4. The van der Waals surface area contributed by atoms with Crippen molar-refractivity contribution in [3.8, 4) is 0 Å². The largest absolute Gasteiger partial charge is 0.355 e. The number of amides is 1. The quantitative estimate of drug-likeness (QED) is 0.878. The number of aromatic nitrogens is 1. The zero-order valence-corrected chi connectivity index (χ0v) is 13.4. The van der Waals surface area contributed by atoms with E-state index in [2.05, 4.69) is 39.5 Å². The molecular weight excluding hydrogens is 288 g/mol. The molecular formula is C18H24N4O. The summed E-state index contributed by atoms with van der Waals surface area (Å²) in [6, 6.07) is 10.4. The summed E-state index contributed by atoms with van der Waals surface area (Å²) in [5.41, 5.74) is 7.74. The molecule has 1 aromatic heterocycles. The van der Waals surface area contributed by atoms with E-state index in [1.165, 1.54) is 10.9 Å². The minimum Gasteiger partial charge on any atom is -0.355 e. The van der Waals surface area contributed by atoms with Crippen molar-refractivity contribution in [3.63, 3.8) is 0 Å². The molecule has 5 heteroatoms. The molecule has 1 aliphatic rings. The van der Waals surface area contributed by atoms with Gasteiger partial charge < -0.3 is 11.1 Å². The number of likely N-dealkylation sites (tertiary alicyclic amines) is 1. The number of hydrogen-bond donors (Lipinski definition) is 2. The molecule has 3 N–H and O–H groups in total. The SMILES string of the molecule is NCCNC(=O)C1CCCN(Cc2ccc3ncccc3c2)C1. The molecule has 2 aromatic rings. The van der Waals surface area contributed by atoms with Gasteiger partial charge in [0.25, 0.3) is 0 Å². The number of benzene rings is 1. The van der Waals surface area contributed by atoms with Crippen LogP contribution in [0.3, 0.4) is 0 Å². The van der Waals surface area contributed by atoms with E-state index >= 15 is 0 Å². The molecule has 5 nitrogen and oxygen atoms in total. The van der Waals surface area contributed by atoms with Gasteiger partial charge in [-0.3, -0.25) is 14.7 Å². The molecule has 0 aliphatic carbocycles. The van der Waals surface area contributed by atoms with Crippen molar-refractivity contribution in [2.45, 2.75) is 19.4 Å². The number of carbonyl (C=O) groups excluding carboxylic acids is 1. The van der Waals surface area contributed by atoms with E-state index in [4.69, 9.17) is 5.73 Å². The number of pyridine rings is 1. The lowest BCUT2D eigenvalue weighted by atomic mass is 9.96. The molecule has 2 heterocycles. The minimum atomic E-state index is 0.0809. The van der Waals surface area contributed by atoms with Crippen LogP contribution in [0.1, 0.15) is 18.4 Å². The van der Waals surface area contributed by atoms with Gasteiger partial charge in [0.2, 0.25) is 5.91 Å². The van der Waals surface area contributed by atoms with Gasteiger partial charge >= 0.3 is 0 Å². The topological polar surface area (TPSA) is 71.2 Å². The van der Waals surface area contributed by atoms with E-state index in [0.717, 1.165) is 38.0 Å². The first kappa shape index (κ1) is 15.9. The Bertz CT molecular complexity index is 673. The van der Waals surface area contributed by atoms with Crippen LogP contribution in [0.2, 0.25) is 0 Å². The van der Waals surface area contributed by atoms with E-state index in [0.29, 0.717) is 13.1 Å². The third-order valence-corrected chi connectivity index (χ3v) is 4.39. The number of nitrogens with one attached hydrogen (secondary N) is 1. The Balaban J connectivity index is 1.63. The van der Waals surface area contributed by atoms with Gasteiger partial charge in [-0.2, -0.15) is 0 Å². The summed E-state index contributed by atoms with van der Waals surface area (Å²) in [5.74, 6) is 0.222. The normalized spacial score (nSPS) is 18.9. The van der Waals surface area contributed by atoms with E-state index in [1.807, 2.05) is 12.3 Å². The summed E-state index contributed by atoms with van der Waals surface area (Å²) in [6.07, 6.45) is 3.85. The molecule has 0 saturated carbocycles. The smallest absolute Gasteiger partial charge is 0.224 e. The third-order valence-electron chi connectivity index (χ3n) is 4.39. The third kappa shape index (κ3) is 4.06. The molecule has 1 aliphatic heterocycles. The Hall–Kier alpha value is -1.98. The van der Waals surface area contributed by atoms with Crippen LogP contribution in [0.5, 0.6) is 0 Å². The maximum Gasteiger partial charge on any atom is 0.224 e. The Morgan fingerprint density at radius 1 is 1.39 bits per heavy atom.